The molecule has 1 saturated heterocycles. The standard InChI is InChI=1S/C15H24N2O2/c1-2-3-13-15(19)17(9-14(18)16-13)8-12(10-4-5-10)11-6-7-11/h10-13H,2-9H2,1H3,(H,16,18). The fraction of sp³-hybridized carbons (Fsp3) is 0.867. The molecule has 106 valence electrons. The van der Waals surface area contributed by atoms with Crippen molar-refractivity contribution in [2.75, 3.05) is 13.1 Å². The maximum atomic E-state index is 12.4. The number of rotatable bonds is 6. The number of nitrogens with zero attached hydrogens (tertiary/aromatic N) is 1. The van der Waals surface area contributed by atoms with Crippen molar-refractivity contribution in [3.05, 3.63) is 0 Å². The Labute approximate surface area is 114 Å². The van der Waals surface area contributed by atoms with Crippen LogP contribution in [-0.4, -0.2) is 35.8 Å². The summed E-state index contributed by atoms with van der Waals surface area (Å²) in [6.07, 6.45) is 7.00. The largest absolute Gasteiger partial charge is 0.343 e. The van der Waals surface area contributed by atoms with Crippen LogP contribution in [-0.2, 0) is 9.59 Å². The zero-order valence-electron chi connectivity index (χ0n) is 11.7. The first kappa shape index (κ1) is 12.9. The molecule has 19 heavy (non-hydrogen) atoms. The van der Waals surface area contributed by atoms with E-state index in [1.165, 1.54) is 25.7 Å². The highest BCUT2D eigenvalue weighted by molar-refractivity contribution is 5.94. The highest BCUT2D eigenvalue weighted by atomic mass is 16.2. The maximum absolute atomic E-state index is 12.4. The fourth-order valence-electron chi connectivity index (χ4n) is 3.40. The van der Waals surface area contributed by atoms with Crippen molar-refractivity contribution in [3.8, 4) is 0 Å². The quantitative estimate of drug-likeness (QED) is 0.791. The van der Waals surface area contributed by atoms with E-state index in [2.05, 4.69) is 12.2 Å². The Hall–Kier alpha value is -1.06. The third-order valence-corrected chi connectivity index (χ3v) is 4.74. The minimum atomic E-state index is -0.273. The minimum absolute atomic E-state index is 0.0170. The number of amides is 2. The van der Waals surface area contributed by atoms with Gasteiger partial charge in [-0.05, 0) is 49.9 Å². The molecule has 3 aliphatic rings. The maximum Gasteiger partial charge on any atom is 0.245 e. The molecule has 0 aromatic carbocycles. The van der Waals surface area contributed by atoms with Gasteiger partial charge in [0.25, 0.3) is 0 Å². The number of hydrogen-bond donors (Lipinski definition) is 1. The second-order valence-electron chi connectivity index (χ2n) is 6.47. The molecule has 1 N–H and O–H groups in total. The van der Waals surface area contributed by atoms with E-state index in [4.69, 9.17) is 0 Å². The summed E-state index contributed by atoms with van der Waals surface area (Å²) >= 11 is 0. The van der Waals surface area contributed by atoms with Crippen LogP contribution in [0.25, 0.3) is 0 Å². The molecule has 4 heteroatoms. The molecule has 1 atom stereocenters. The zero-order chi connectivity index (χ0) is 13.4. The molecule has 2 amide bonds. The molecule has 1 aliphatic heterocycles. The van der Waals surface area contributed by atoms with Crippen LogP contribution in [0.1, 0.15) is 45.4 Å². The first-order valence-corrected chi connectivity index (χ1v) is 7.77. The van der Waals surface area contributed by atoms with Crippen molar-refractivity contribution in [3.63, 3.8) is 0 Å². The predicted molar refractivity (Wildman–Crippen MR) is 72.4 cm³/mol. The fourth-order valence-corrected chi connectivity index (χ4v) is 3.40. The van der Waals surface area contributed by atoms with Gasteiger partial charge in [0.15, 0.2) is 0 Å². The molecule has 4 nitrogen and oxygen atoms in total. The van der Waals surface area contributed by atoms with Crippen LogP contribution in [0.2, 0.25) is 0 Å². The number of piperazine rings is 1. The van der Waals surface area contributed by atoms with Crippen LogP contribution >= 0.6 is 0 Å². The second kappa shape index (κ2) is 5.14. The average molecular weight is 264 g/mol. The molecule has 3 fully saturated rings. The Morgan fingerprint density at radius 3 is 2.37 bits per heavy atom. The van der Waals surface area contributed by atoms with E-state index in [1.54, 1.807) is 0 Å². The van der Waals surface area contributed by atoms with Gasteiger partial charge < -0.3 is 10.2 Å². The summed E-state index contributed by atoms with van der Waals surface area (Å²) in [6, 6.07) is -0.273. The van der Waals surface area contributed by atoms with Crippen LogP contribution in [0.15, 0.2) is 0 Å². The van der Waals surface area contributed by atoms with Crippen LogP contribution in [0.4, 0.5) is 0 Å². The van der Waals surface area contributed by atoms with E-state index in [9.17, 15) is 9.59 Å². The summed E-state index contributed by atoms with van der Waals surface area (Å²) in [5, 5.41) is 2.83. The van der Waals surface area contributed by atoms with Gasteiger partial charge in [0.05, 0.1) is 6.54 Å². The highest BCUT2D eigenvalue weighted by Crippen LogP contribution is 2.49. The summed E-state index contributed by atoms with van der Waals surface area (Å²) in [6.45, 7) is 3.15. The number of hydrogen-bond acceptors (Lipinski definition) is 2. The third-order valence-electron chi connectivity index (χ3n) is 4.74. The lowest BCUT2D eigenvalue weighted by Crippen LogP contribution is -2.58. The third kappa shape index (κ3) is 2.93. The Bertz CT molecular complexity index is 362. The lowest BCUT2D eigenvalue weighted by atomic mass is 9.96. The monoisotopic (exact) mass is 264 g/mol. The van der Waals surface area contributed by atoms with Crippen molar-refractivity contribution >= 4 is 11.8 Å². The van der Waals surface area contributed by atoms with Gasteiger partial charge in [-0.1, -0.05) is 13.3 Å². The lowest BCUT2D eigenvalue weighted by molar-refractivity contribution is -0.145. The van der Waals surface area contributed by atoms with Crippen LogP contribution < -0.4 is 5.32 Å². The minimum Gasteiger partial charge on any atom is -0.343 e. The normalized spacial score (nSPS) is 27.9. The summed E-state index contributed by atoms with van der Waals surface area (Å²) in [4.78, 5) is 26.0. The van der Waals surface area contributed by atoms with Crippen molar-refractivity contribution < 1.29 is 9.59 Å². The molecule has 0 spiro atoms. The predicted octanol–water partition coefficient (Wildman–Crippen LogP) is 1.55. The zero-order valence-corrected chi connectivity index (χ0v) is 11.7. The Kier molecular flexibility index (Phi) is 3.50. The molecular weight excluding hydrogens is 240 g/mol. The van der Waals surface area contributed by atoms with Crippen LogP contribution in [0.3, 0.4) is 0 Å². The van der Waals surface area contributed by atoms with E-state index in [0.717, 1.165) is 31.2 Å². The molecular formula is C15H24N2O2. The van der Waals surface area contributed by atoms with Gasteiger partial charge in [0.1, 0.15) is 6.04 Å². The van der Waals surface area contributed by atoms with E-state index in [0.29, 0.717) is 5.92 Å². The van der Waals surface area contributed by atoms with E-state index in [1.807, 2.05) is 4.90 Å². The van der Waals surface area contributed by atoms with Gasteiger partial charge in [0.2, 0.25) is 11.8 Å². The molecule has 0 radical (unpaired) electrons. The smallest absolute Gasteiger partial charge is 0.245 e. The molecule has 1 heterocycles. The van der Waals surface area contributed by atoms with Gasteiger partial charge in [-0.15, -0.1) is 0 Å². The summed E-state index contributed by atoms with van der Waals surface area (Å²) < 4.78 is 0. The Morgan fingerprint density at radius 1 is 1.21 bits per heavy atom. The van der Waals surface area contributed by atoms with Gasteiger partial charge in [-0.25, -0.2) is 0 Å². The van der Waals surface area contributed by atoms with Crippen molar-refractivity contribution in [1.29, 1.82) is 0 Å². The van der Waals surface area contributed by atoms with Gasteiger partial charge in [-0.2, -0.15) is 0 Å². The molecule has 0 aromatic heterocycles. The van der Waals surface area contributed by atoms with Crippen molar-refractivity contribution in [2.24, 2.45) is 17.8 Å². The summed E-state index contributed by atoms with van der Waals surface area (Å²) in [7, 11) is 0. The lowest BCUT2D eigenvalue weighted by Gasteiger charge is -2.35. The number of nitrogens with one attached hydrogen (secondary N) is 1. The Morgan fingerprint density at radius 2 is 1.84 bits per heavy atom. The SMILES string of the molecule is CCCC1NC(=O)CN(CC(C2CC2)C2CC2)C1=O. The van der Waals surface area contributed by atoms with Crippen molar-refractivity contribution in [2.45, 2.75) is 51.5 Å². The molecule has 3 rings (SSSR count). The Balaban J connectivity index is 1.64. The molecule has 2 saturated carbocycles. The molecule has 0 aromatic rings. The molecule has 2 aliphatic carbocycles. The average Bonchev–Trinajstić information content (AvgIpc) is 3.25. The summed E-state index contributed by atoms with van der Waals surface area (Å²) in [5.41, 5.74) is 0. The first-order chi connectivity index (χ1) is 9.19. The number of carbonyl (C=O) groups is 2. The summed E-state index contributed by atoms with van der Waals surface area (Å²) in [5.74, 6) is 2.48. The van der Waals surface area contributed by atoms with Gasteiger partial charge in [-0.3, -0.25) is 9.59 Å². The van der Waals surface area contributed by atoms with E-state index < -0.39 is 0 Å². The molecule has 1 unspecified atom stereocenters. The second-order valence-corrected chi connectivity index (χ2v) is 6.47. The van der Waals surface area contributed by atoms with Gasteiger partial charge in [0, 0.05) is 6.54 Å². The van der Waals surface area contributed by atoms with Crippen LogP contribution in [0, 0.1) is 17.8 Å². The van der Waals surface area contributed by atoms with Crippen LogP contribution in [0.5, 0.6) is 0 Å². The topological polar surface area (TPSA) is 49.4 Å². The van der Waals surface area contributed by atoms with E-state index >= 15 is 0 Å². The number of carbonyl (C=O) groups excluding carboxylic acids is 2. The highest BCUT2D eigenvalue weighted by Gasteiger charge is 2.44. The van der Waals surface area contributed by atoms with E-state index in [-0.39, 0.29) is 24.4 Å². The van der Waals surface area contributed by atoms with Crippen molar-refractivity contribution in [1.82, 2.24) is 10.2 Å². The molecule has 0 bridgehead atoms. The first-order valence-electron chi connectivity index (χ1n) is 7.77. The van der Waals surface area contributed by atoms with Gasteiger partial charge >= 0.3 is 0 Å².